The predicted molar refractivity (Wildman–Crippen MR) is 78.1 cm³/mol. The number of rotatable bonds is 9. The lowest BCUT2D eigenvalue weighted by molar-refractivity contribution is 0.110. The van der Waals surface area contributed by atoms with Crippen LogP contribution in [0.15, 0.2) is 36.7 Å². The molecule has 0 unspecified atom stereocenters. The van der Waals surface area contributed by atoms with Crippen molar-refractivity contribution in [3.8, 4) is 0 Å². The van der Waals surface area contributed by atoms with Gasteiger partial charge in [0.1, 0.15) is 12.9 Å². The van der Waals surface area contributed by atoms with E-state index in [-0.39, 0.29) is 0 Å². The van der Waals surface area contributed by atoms with Crippen LogP contribution in [0.4, 0.5) is 0 Å². The van der Waals surface area contributed by atoms with Gasteiger partial charge in [-0.25, -0.2) is 9.67 Å². The van der Waals surface area contributed by atoms with E-state index in [9.17, 15) is 0 Å². The Balaban J connectivity index is 1.52. The molecule has 0 radical (unpaired) electrons. The van der Waals surface area contributed by atoms with Gasteiger partial charge in [0.2, 0.25) is 0 Å². The molecule has 20 heavy (non-hydrogen) atoms. The molecule has 0 amide bonds. The molecule has 5 nitrogen and oxygen atoms in total. The first-order valence-electron chi connectivity index (χ1n) is 7.09. The molecule has 5 heteroatoms. The highest BCUT2D eigenvalue weighted by Gasteiger charge is 2.01. The minimum Gasteiger partial charge on any atom is -0.373 e. The smallest absolute Gasteiger partial charge is 0.152 e. The van der Waals surface area contributed by atoms with Crippen molar-refractivity contribution >= 4 is 0 Å². The van der Waals surface area contributed by atoms with Crippen LogP contribution in [0.5, 0.6) is 0 Å². The Kier molecular flexibility index (Phi) is 6.20. The fourth-order valence-corrected chi connectivity index (χ4v) is 1.96. The number of hydrogen-bond donors (Lipinski definition) is 1. The SMILES string of the molecule is CCn1ncnc1COCCCNCc1ccccc1. The molecule has 0 fully saturated rings. The lowest BCUT2D eigenvalue weighted by Crippen LogP contribution is -2.16. The number of aryl methyl sites for hydroxylation is 1. The summed E-state index contributed by atoms with van der Waals surface area (Å²) in [6.45, 7) is 6.01. The molecule has 1 heterocycles. The zero-order valence-corrected chi connectivity index (χ0v) is 12.0. The summed E-state index contributed by atoms with van der Waals surface area (Å²) in [5.41, 5.74) is 1.31. The third-order valence-electron chi connectivity index (χ3n) is 3.04. The minimum absolute atomic E-state index is 0.534. The average Bonchev–Trinajstić information content (AvgIpc) is 2.95. The van der Waals surface area contributed by atoms with Crippen LogP contribution in [-0.4, -0.2) is 27.9 Å². The fourth-order valence-electron chi connectivity index (χ4n) is 1.96. The minimum atomic E-state index is 0.534. The van der Waals surface area contributed by atoms with E-state index in [2.05, 4.69) is 39.7 Å². The van der Waals surface area contributed by atoms with E-state index in [0.29, 0.717) is 6.61 Å². The Morgan fingerprint density at radius 3 is 2.90 bits per heavy atom. The summed E-state index contributed by atoms with van der Waals surface area (Å²) < 4.78 is 7.46. The van der Waals surface area contributed by atoms with Crippen LogP contribution in [0.3, 0.4) is 0 Å². The van der Waals surface area contributed by atoms with Gasteiger partial charge in [-0.15, -0.1) is 0 Å². The number of nitrogens with one attached hydrogen (secondary N) is 1. The zero-order chi connectivity index (χ0) is 14.0. The average molecular weight is 274 g/mol. The molecule has 0 atom stereocenters. The fraction of sp³-hybridized carbons (Fsp3) is 0.467. The number of nitrogens with zero attached hydrogens (tertiary/aromatic N) is 3. The first-order valence-corrected chi connectivity index (χ1v) is 7.09. The highest BCUT2D eigenvalue weighted by atomic mass is 16.5. The molecule has 0 saturated carbocycles. The van der Waals surface area contributed by atoms with Gasteiger partial charge in [-0.05, 0) is 25.5 Å². The van der Waals surface area contributed by atoms with Gasteiger partial charge in [0.05, 0.1) is 0 Å². The van der Waals surface area contributed by atoms with E-state index in [1.54, 1.807) is 6.33 Å². The van der Waals surface area contributed by atoms with Gasteiger partial charge in [-0.2, -0.15) is 5.10 Å². The summed E-state index contributed by atoms with van der Waals surface area (Å²) in [7, 11) is 0. The van der Waals surface area contributed by atoms with Gasteiger partial charge in [0.15, 0.2) is 5.82 Å². The summed E-state index contributed by atoms with van der Waals surface area (Å²) >= 11 is 0. The van der Waals surface area contributed by atoms with Crippen LogP contribution in [0.2, 0.25) is 0 Å². The van der Waals surface area contributed by atoms with E-state index < -0.39 is 0 Å². The van der Waals surface area contributed by atoms with Gasteiger partial charge in [-0.1, -0.05) is 30.3 Å². The third kappa shape index (κ3) is 4.75. The quantitative estimate of drug-likeness (QED) is 0.711. The number of aromatic nitrogens is 3. The van der Waals surface area contributed by atoms with E-state index in [1.165, 1.54) is 5.56 Å². The van der Waals surface area contributed by atoms with Gasteiger partial charge in [0, 0.05) is 19.7 Å². The number of hydrogen-bond acceptors (Lipinski definition) is 4. The van der Waals surface area contributed by atoms with Crippen LogP contribution in [-0.2, 0) is 24.4 Å². The summed E-state index contributed by atoms with van der Waals surface area (Å²) in [5.74, 6) is 0.893. The van der Waals surface area contributed by atoms with E-state index in [1.807, 2.05) is 17.7 Å². The monoisotopic (exact) mass is 274 g/mol. The van der Waals surface area contributed by atoms with Gasteiger partial charge in [0.25, 0.3) is 0 Å². The maximum absolute atomic E-state index is 5.61. The van der Waals surface area contributed by atoms with E-state index in [0.717, 1.165) is 38.5 Å². The highest BCUT2D eigenvalue weighted by molar-refractivity contribution is 5.14. The molecular weight excluding hydrogens is 252 g/mol. The maximum Gasteiger partial charge on any atom is 0.152 e. The van der Waals surface area contributed by atoms with Crippen LogP contribution < -0.4 is 5.32 Å². The second-order valence-electron chi connectivity index (χ2n) is 4.56. The molecule has 1 aromatic heterocycles. The van der Waals surface area contributed by atoms with Crippen molar-refractivity contribution in [1.29, 1.82) is 0 Å². The van der Waals surface area contributed by atoms with Crippen molar-refractivity contribution in [1.82, 2.24) is 20.1 Å². The van der Waals surface area contributed by atoms with E-state index >= 15 is 0 Å². The van der Waals surface area contributed by atoms with Crippen LogP contribution in [0.1, 0.15) is 24.7 Å². The lowest BCUT2D eigenvalue weighted by atomic mass is 10.2. The second-order valence-corrected chi connectivity index (χ2v) is 4.56. The molecule has 0 aliphatic heterocycles. The van der Waals surface area contributed by atoms with Crippen molar-refractivity contribution in [3.63, 3.8) is 0 Å². The molecule has 0 aliphatic carbocycles. The predicted octanol–water partition coefficient (Wildman–Crippen LogP) is 1.99. The highest BCUT2D eigenvalue weighted by Crippen LogP contribution is 1.98. The lowest BCUT2D eigenvalue weighted by Gasteiger charge is -2.06. The summed E-state index contributed by atoms with van der Waals surface area (Å²) in [6, 6.07) is 10.4. The first kappa shape index (κ1) is 14.7. The summed E-state index contributed by atoms with van der Waals surface area (Å²) in [4.78, 5) is 4.17. The topological polar surface area (TPSA) is 52.0 Å². The maximum atomic E-state index is 5.61. The van der Waals surface area contributed by atoms with Crippen molar-refractivity contribution in [2.24, 2.45) is 0 Å². The molecule has 2 rings (SSSR count). The van der Waals surface area contributed by atoms with Crippen LogP contribution in [0, 0.1) is 0 Å². The van der Waals surface area contributed by atoms with Crippen molar-refractivity contribution in [3.05, 3.63) is 48.0 Å². The molecule has 0 spiro atoms. The first-order chi connectivity index (χ1) is 9.90. The van der Waals surface area contributed by atoms with Gasteiger partial charge >= 0.3 is 0 Å². The molecule has 1 aromatic carbocycles. The number of ether oxygens (including phenoxy) is 1. The Morgan fingerprint density at radius 2 is 2.10 bits per heavy atom. The van der Waals surface area contributed by atoms with Crippen LogP contribution in [0.25, 0.3) is 0 Å². The molecule has 108 valence electrons. The van der Waals surface area contributed by atoms with Crippen molar-refractivity contribution in [2.45, 2.75) is 33.0 Å². The Labute approximate surface area is 120 Å². The Morgan fingerprint density at radius 1 is 1.25 bits per heavy atom. The second kappa shape index (κ2) is 8.45. The summed E-state index contributed by atoms with van der Waals surface area (Å²) in [6.07, 6.45) is 2.57. The molecule has 0 saturated heterocycles. The molecule has 1 N–H and O–H groups in total. The zero-order valence-electron chi connectivity index (χ0n) is 12.0. The normalized spacial score (nSPS) is 10.8. The molecule has 0 aliphatic rings. The van der Waals surface area contributed by atoms with Crippen molar-refractivity contribution in [2.75, 3.05) is 13.2 Å². The summed E-state index contributed by atoms with van der Waals surface area (Å²) in [5, 5.41) is 7.51. The molecule has 2 aromatic rings. The standard InChI is InChI=1S/C15H22N4O/c1-2-19-15(17-13-18-19)12-20-10-6-9-16-11-14-7-4-3-5-8-14/h3-5,7-8,13,16H,2,6,9-12H2,1H3. The molecule has 0 bridgehead atoms. The Bertz CT molecular complexity index is 484. The number of benzene rings is 1. The van der Waals surface area contributed by atoms with Crippen LogP contribution >= 0.6 is 0 Å². The van der Waals surface area contributed by atoms with Gasteiger partial charge in [-0.3, -0.25) is 0 Å². The third-order valence-corrected chi connectivity index (χ3v) is 3.04. The Hall–Kier alpha value is -1.72. The van der Waals surface area contributed by atoms with Gasteiger partial charge < -0.3 is 10.1 Å². The van der Waals surface area contributed by atoms with Crippen molar-refractivity contribution < 1.29 is 4.74 Å². The molecular formula is C15H22N4O. The largest absolute Gasteiger partial charge is 0.373 e. The van der Waals surface area contributed by atoms with E-state index in [4.69, 9.17) is 4.74 Å².